The van der Waals surface area contributed by atoms with E-state index < -0.39 is 54.7 Å². The van der Waals surface area contributed by atoms with Crippen LogP contribution in [0.1, 0.15) is 56.1 Å². The van der Waals surface area contributed by atoms with Gasteiger partial charge in [0.1, 0.15) is 5.75 Å². The van der Waals surface area contributed by atoms with E-state index in [2.05, 4.69) is 15.6 Å². The number of nitrogens with one attached hydrogen (secondary N) is 2. The van der Waals surface area contributed by atoms with Gasteiger partial charge in [0.25, 0.3) is 5.91 Å². The van der Waals surface area contributed by atoms with Gasteiger partial charge in [-0.25, -0.2) is 4.99 Å². The summed E-state index contributed by atoms with van der Waals surface area (Å²) in [6.45, 7) is 0. The zero-order chi connectivity index (χ0) is 28.4. The number of para-hydroxylation sites is 1. The van der Waals surface area contributed by atoms with Crippen LogP contribution in [0.25, 0.3) is 0 Å². The molecule has 0 aromatic heterocycles. The highest BCUT2D eigenvalue weighted by Gasteiger charge is 2.41. The third-order valence-corrected chi connectivity index (χ3v) is 7.39. The van der Waals surface area contributed by atoms with Crippen LogP contribution in [0.15, 0.2) is 53.5 Å². The minimum Gasteiger partial charge on any atom is -0.488 e. The molecule has 11 heteroatoms. The van der Waals surface area contributed by atoms with E-state index in [1.165, 1.54) is 0 Å². The van der Waals surface area contributed by atoms with E-state index in [9.17, 15) is 27.6 Å². The first-order valence-electron chi connectivity index (χ1n) is 13.5. The number of benzodiazepines with no additional fused rings is 1. The molecule has 3 atom stereocenters. The number of aliphatic imine (C=N–C) groups is 1. The first-order valence-corrected chi connectivity index (χ1v) is 13.5. The Balaban J connectivity index is 1.47. The summed E-state index contributed by atoms with van der Waals surface area (Å²) in [5.41, 5.74) is 7.61. The second-order valence-electron chi connectivity index (χ2n) is 10.7. The Kier molecular flexibility index (Phi) is 7.82. The zero-order valence-corrected chi connectivity index (χ0v) is 21.7. The Hall–Kier alpha value is -3.89. The number of benzene rings is 2. The average molecular weight is 557 g/mol. The van der Waals surface area contributed by atoms with Crippen LogP contribution in [-0.4, -0.2) is 41.9 Å². The van der Waals surface area contributed by atoms with Gasteiger partial charge in [-0.15, -0.1) is 0 Å². The first kappa shape index (κ1) is 27.7. The largest absolute Gasteiger partial charge is 0.488 e. The van der Waals surface area contributed by atoms with Crippen LogP contribution in [0.3, 0.4) is 0 Å². The molecule has 1 heterocycles. The number of hydrogen-bond acceptors (Lipinski definition) is 5. The molecule has 0 spiro atoms. The van der Waals surface area contributed by atoms with Crippen molar-refractivity contribution >= 4 is 29.1 Å². The summed E-state index contributed by atoms with van der Waals surface area (Å²) in [5, 5.41) is 5.33. The number of alkyl halides is 3. The molecular weight excluding hydrogens is 525 g/mol. The normalized spacial score (nSPS) is 20.3. The standard InChI is InChI=1S/C29H31F3N4O4/c30-29(31,32)14-13-19(21(25(33)37)15-16-9-10-16)27(38)36-26-28(39)35-24-20(7-4-8-22(24)40-18-11-12-18)23(34-26)17-5-2-1-3-6-17/h1-8,16,18-19,21,26H,9-15H2,(H2,33,37)(H,35,39)(H,36,38)/t19-,21+,26-/m1/s1. The summed E-state index contributed by atoms with van der Waals surface area (Å²) in [6, 6.07) is 14.3. The van der Waals surface area contributed by atoms with E-state index in [4.69, 9.17) is 10.5 Å². The van der Waals surface area contributed by atoms with Gasteiger partial charge in [-0.2, -0.15) is 13.2 Å². The molecule has 0 saturated heterocycles. The van der Waals surface area contributed by atoms with Crippen LogP contribution in [-0.2, 0) is 14.4 Å². The first-order chi connectivity index (χ1) is 19.1. The predicted molar refractivity (Wildman–Crippen MR) is 142 cm³/mol. The summed E-state index contributed by atoms with van der Waals surface area (Å²) in [5.74, 6) is -4.22. The van der Waals surface area contributed by atoms with Crippen molar-refractivity contribution in [1.29, 1.82) is 0 Å². The molecule has 2 aliphatic carbocycles. The van der Waals surface area contributed by atoms with E-state index >= 15 is 0 Å². The van der Waals surface area contributed by atoms with Crippen molar-refractivity contribution in [2.75, 3.05) is 5.32 Å². The summed E-state index contributed by atoms with van der Waals surface area (Å²) < 4.78 is 45.5. The Morgan fingerprint density at radius 1 is 1.05 bits per heavy atom. The monoisotopic (exact) mass is 556 g/mol. The molecule has 212 valence electrons. The average Bonchev–Trinajstić information content (AvgIpc) is 3.82. The zero-order valence-electron chi connectivity index (χ0n) is 21.7. The molecule has 1 aliphatic heterocycles. The maximum absolute atomic E-state index is 13.5. The SMILES string of the molecule is NC(=O)[C@@H](CC1CC1)[C@@H](CCC(F)(F)F)C(=O)N[C@H]1N=C(c2ccccc2)c2cccc(OC3CC3)c2NC1=O. The number of ether oxygens (including phenoxy) is 1. The molecule has 2 fully saturated rings. The van der Waals surface area contributed by atoms with Gasteiger partial charge in [0.05, 0.1) is 17.5 Å². The van der Waals surface area contributed by atoms with Crippen molar-refractivity contribution in [3.8, 4) is 5.75 Å². The van der Waals surface area contributed by atoms with Crippen molar-refractivity contribution in [2.24, 2.45) is 28.5 Å². The molecule has 8 nitrogen and oxygen atoms in total. The molecule has 4 N–H and O–H groups in total. The van der Waals surface area contributed by atoms with Crippen molar-refractivity contribution in [1.82, 2.24) is 5.32 Å². The third-order valence-electron chi connectivity index (χ3n) is 7.39. The molecule has 2 saturated carbocycles. The number of fused-ring (bicyclic) bond motifs is 1. The van der Waals surface area contributed by atoms with E-state index in [-0.39, 0.29) is 18.4 Å². The van der Waals surface area contributed by atoms with Crippen LogP contribution in [0, 0.1) is 17.8 Å². The summed E-state index contributed by atoms with van der Waals surface area (Å²) in [4.78, 5) is 43.8. The fourth-order valence-corrected chi connectivity index (χ4v) is 4.96. The second kappa shape index (κ2) is 11.3. The van der Waals surface area contributed by atoms with Gasteiger partial charge in [0.2, 0.25) is 18.0 Å². The Bertz CT molecular complexity index is 1310. The number of halogens is 3. The highest BCUT2D eigenvalue weighted by atomic mass is 19.4. The molecule has 5 rings (SSSR count). The van der Waals surface area contributed by atoms with E-state index in [1.54, 1.807) is 42.5 Å². The smallest absolute Gasteiger partial charge is 0.389 e. The third kappa shape index (κ3) is 6.81. The second-order valence-corrected chi connectivity index (χ2v) is 10.7. The quantitative estimate of drug-likeness (QED) is 0.382. The number of rotatable bonds is 11. The van der Waals surface area contributed by atoms with Crippen LogP contribution >= 0.6 is 0 Å². The van der Waals surface area contributed by atoms with Gasteiger partial charge in [-0.05, 0) is 37.7 Å². The lowest BCUT2D eigenvalue weighted by Gasteiger charge is -2.26. The van der Waals surface area contributed by atoms with Gasteiger partial charge in [-0.1, -0.05) is 55.3 Å². The van der Waals surface area contributed by atoms with Crippen molar-refractivity contribution < 1.29 is 32.3 Å². The minimum absolute atomic E-state index is 0.0471. The molecular formula is C29H31F3N4O4. The number of primary amides is 1. The molecule has 2 aromatic carbocycles. The summed E-state index contributed by atoms with van der Waals surface area (Å²) in [7, 11) is 0. The van der Waals surface area contributed by atoms with Crippen LogP contribution in [0.2, 0.25) is 0 Å². The predicted octanol–water partition coefficient (Wildman–Crippen LogP) is 4.32. The Morgan fingerprint density at radius 2 is 1.77 bits per heavy atom. The minimum atomic E-state index is -4.53. The van der Waals surface area contributed by atoms with Gasteiger partial charge >= 0.3 is 6.18 Å². The van der Waals surface area contributed by atoms with E-state index in [1.807, 2.05) is 6.07 Å². The van der Waals surface area contributed by atoms with Crippen LogP contribution in [0.5, 0.6) is 5.75 Å². The highest BCUT2D eigenvalue weighted by Crippen LogP contribution is 2.40. The fraction of sp³-hybridized carbons (Fsp3) is 0.448. The van der Waals surface area contributed by atoms with Gasteiger partial charge in [0, 0.05) is 29.4 Å². The number of carbonyl (C=O) groups is 3. The number of nitrogens with two attached hydrogens (primary N) is 1. The van der Waals surface area contributed by atoms with Crippen LogP contribution < -0.4 is 21.1 Å². The van der Waals surface area contributed by atoms with Gasteiger partial charge in [0.15, 0.2) is 0 Å². The lowest BCUT2D eigenvalue weighted by atomic mass is 9.83. The van der Waals surface area contributed by atoms with Crippen molar-refractivity contribution in [3.63, 3.8) is 0 Å². The number of anilines is 1. The maximum Gasteiger partial charge on any atom is 0.389 e. The molecule has 3 amide bonds. The Labute approximate surface area is 229 Å². The van der Waals surface area contributed by atoms with Crippen molar-refractivity contribution in [3.05, 3.63) is 59.7 Å². The highest BCUT2D eigenvalue weighted by molar-refractivity contribution is 6.20. The van der Waals surface area contributed by atoms with E-state index in [0.29, 0.717) is 28.3 Å². The number of nitrogens with zero attached hydrogens (tertiary/aromatic N) is 1. The number of hydrogen-bond donors (Lipinski definition) is 3. The van der Waals surface area contributed by atoms with Crippen molar-refractivity contribution in [2.45, 2.75) is 63.4 Å². The van der Waals surface area contributed by atoms with Gasteiger partial charge in [-0.3, -0.25) is 14.4 Å². The molecule has 0 bridgehead atoms. The van der Waals surface area contributed by atoms with Crippen LogP contribution in [0.4, 0.5) is 18.9 Å². The lowest BCUT2D eigenvalue weighted by molar-refractivity contribution is -0.146. The maximum atomic E-state index is 13.5. The lowest BCUT2D eigenvalue weighted by Crippen LogP contribution is -2.48. The molecule has 0 unspecified atom stereocenters. The molecule has 40 heavy (non-hydrogen) atoms. The number of amides is 3. The summed E-state index contributed by atoms with van der Waals surface area (Å²) >= 11 is 0. The van der Waals surface area contributed by atoms with Gasteiger partial charge < -0.3 is 21.1 Å². The fourth-order valence-electron chi connectivity index (χ4n) is 4.96. The molecule has 3 aliphatic rings. The number of carbonyl (C=O) groups excluding carboxylic acids is 3. The molecule has 2 aromatic rings. The Morgan fingerprint density at radius 3 is 2.40 bits per heavy atom. The topological polar surface area (TPSA) is 123 Å². The molecule has 0 radical (unpaired) electrons. The summed E-state index contributed by atoms with van der Waals surface area (Å²) in [6.07, 6.45) is -4.15. The van der Waals surface area contributed by atoms with E-state index in [0.717, 1.165) is 25.7 Å².